The van der Waals surface area contributed by atoms with Crippen LogP contribution in [0.5, 0.6) is 11.5 Å². The number of H-pyrrole nitrogens is 1. The van der Waals surface area contributed by atoms with Crippen LogP contribution in [0.15, 0.2) is 47.6 Å². The normalized spacial score (nSPS) is 10.9. The van der Waals surface area contributed by atoms with Gasteiger partial charge < -0.3 is 14.8 Å². The molecule has 0 unspecified atom stereocenters. The highest BCUT2D eigenvalue weighted by Crippen LogP contribution is 2.27. The predicted octanol–water partition coefficient (Wildman–Crippen LogP) is 4.06. The van der Waals surface area contributed by atoms with Crippen LogP contribution in [0.2, 0.25) is 5.02 Å². The molecule has 2 N–H and O–H groups in total. The summed E-state index contributed by atoms with van der Waals surface area (Å²) in [7, 11) is 1.52. The van der Waals surface area contributed by atoms with Gasteiger partial charge in [0.05, 0.1) is 13.3 Å². The first-order chi connectivity index (χ1) is 14.5. The van der Waals surface area contributed by atoms with Gasteiger partial charge in [-0.2, -0.15) is 14.9 Å². The molecule has 0 aliphatic rings. The highest BCUT2D eigenvalue weighted by molar-refractivity contribution is 7.71. The van der Waals surface area contributed by atoms with Crippen LogP contribution in [0.1, 0.15) is 18.3 Å². The number of anilines is 1. The van der Waals surface area contributed by atoms with E-state index in [1.54, 1.807) is 53.4 Å². The minimum absolute atomic E-state index is 0.180. The third-order valence-corrected chi connectivity index (χ3v) is 4.51. The van der Waals surface area contributed by atoms with Crippen molar-refractivity contribution in [3.8, 4) is 11.5 Å². The number of aromatic nitrogens is 3. The fraction of sp³-hybridized carbons (Fsp3) is 0.200. The summed E-state index contributed by atoms with van der Waals surface area (Å²) in [6, 6.07) is 12.1. The lowest BCUT2D eigenvalue weighted by Gasteiger charge is -2.11. The number of rotatable bonds is 8. The van der Waals surface area contributed by atoms with E-state index in [1.165, 1.54) is 7.11 Å². The van der Waals surface area contributed by atoms with Gasteiger partial charge in [0, 0.05) is 17.1 Å². The van der Waals surface area contributed by atoms with E-state index < -0.39 is 0 Å². The molecular formula is C20H20ClN5O3S. The Labute approximate surface area is 183 Å². The van der Waals surface area contributed by atoms with Gasteiger partial charge in [-0.3, -0.25) is 9.89 Å². The number of carbonyl (C=O) groups is 1. The molecule has 0 saturated carbocycles. The van der Waals surface area contributed by atoms with Gasteiger partial charge in [0.25, 0.3) is 5.91 Å². The average Bonchev–Trinajstić information content (AvgIpc) is 3.10. The Kier molecular flexibility index (Phi) is 7.21. The number of hydrogen-bond acceptors (Lipinski definition) is 6. The molecule has 0 fully saturated rings. The molecule has 0 spiro atoms. The average molecular weight is 446 g/mol. The summed E-state index contributed by atoms with van der Waals surface area (Å²) in [6.45, 7) is 1.79. The number of ether oxygens (including phenoxy) is 2. The van der Waals surface area contributed by atoms with E-state index in [0.717, 1.165) is 11.4 Å². The van der Waals surface area contributed by atoms with Gasteiger partial charge in [-0.25, -0.2) is 0 Å². The van der Waals surface area contributed by atoms with Gasteiger partial charge >= 0.3 is 0 Å². The van der Waals surface area contributed by atoms with E-state index in [4.69, 9.17) is 33.3 Å². The van der Waals surface area contributed by atoms with Crippen LogP contribution in [0, 0.1) is 4.77 Å². The summed E-state index contributed by atoms with van der Waals surface area (Å²) in [6.07, 6.45) is 2.33. The zero-order valence-electron chi connectivity index (χ0n) is 16.4. The number of methoxy groups -OCH3 is 1. The van der Waals surface area contributed by atoms with Crippen LogP contribution in [0.4, 0.5) is 5.69 Å². The van der Waals surface area contributed by atoms with Crippen LogP contribution in [0.3, 0.4) is 0 Å². The van der Waals surface area contributed by atoms with Gasteiger partial charge in [0.15, 0.2) is 23.9 Å². The van der Waals surface area contributed by atoms with E-state index in [-0.39, 0.29) is 12.5 Å². The molecule has 0 aliphatic heterocycles. The third-order valence-electron chi connectivity index (χ3n) is 4.01. The SMILES string of the molecule is CCc1n[nH]c(=S)n1/N=C/c1ccc(OCC(=O)Nc2cccc(Cl)c2)c(OC)c1. The van der Waals surface area contributed by atoms with Crippen molar-refractivity contribution in [2.45, 2.75) is 13.3 Å². The van der Waals surface area contributed by atoms with Crippen LogP contribution < -0.4 is 14.8 Å². The fourth-order valence-electron chi connectivity index (χ4n) is 2.59. The first-order valence-corrected chi connectivity index (χ1v) is 9.85. The largest absolute Gasteiger partial charge is 0.493 e. The van der Waals surface area contributed by atoms with Gasteiger partial charge in [-0.1, -0.05) is 24.6 Å². The summed E-state index contributed by atoms with van der Waals surface area (Å²) >= 11 is 11.1. The van der Waals surface area contributed by atoms with Crippen molar-refractivity contribution in [2.75, 3.05) is 19.0 Å². The molecule has 1 aromatic heterocycles. The second kappa shape index (κ2) is 10.0. The summed E-state index contributed by atoms with van der Waals surface area (Å²) in [5.41, 5.74) is 1.37. The fourth-order valence-corrected chi connectivity index (χ4v) is 2.98. The lowest BCUT2D eigenvalue weighted by molar-refractivity contribution is -0.118. The van der Waals surface area contributed by atoms with E-state index in [1.807, 2.05) is 6.92 Å². The predicted molar refractivity (Wildman–Crippen MR) is 118 cm³/mol. The molecule has 156 valence electrons. The Bertz CT molecular complexity index is 1130. The Morgan fingerprint density at radius 1 is 1.33 bits per heavy atom. The van der Waals surface area contributed by atoms with E-state index >= 15 is 0 Å². The molecule has 0 radical (unpaired) electrons. The van der Waals surface area contributed by atoms with Crippen LogP contribution in [0.25, 0.3) is 0 Å². The molecule has 0 saturated heterocycles. The van der Waals surface area contributed by atoms with Crippen molar-refractivity contribution in [3.63, 3.8) is 0 Å². The molecular weight excluding hydrogens is 426 g/mol. The topological polar surface area (TPSA) is 93.5 Å². The highest BCUT2D eigenvalue weighted by Gasteiger charge is 2.09. The van der Waals surface area contributed by atoms with Crippen molar-refractivity contribution in [3.05, 3.63) is 63.6 Å². The lowest BCUT2D eigenvalue weighted by Crippen LogP contribution is -2.20. The number of nitrogens with one attached hydrogen (secondary N) is 2. The molecule has 3 aromatic rings. The Hall–Kier alpha value is -3.17. The highest BCUT2D eigenvalue weighted by atomic mass is 35.5. The maximum Gasteiger partial charge on any atom is 0.262 e. The minimum atomic E-state index is -0.314. The van der Waals surface area contributed by atoms with Crippen LogP contribution in [-0.2, 0) is 11.2 Å². The van der Waals surface area contributed by atoms with Gasteiger partial charge in [-0.05, 0) is 54.2 Å². The maximum atomic E-state index is 12.1. The van der Waals surface area contributed by atoms with Crippen molar-refractivity contribution in [1.82, 2.24) is 14.9 Å². The maximum absolute atomic E-state index is 12.1. The first-order valence-electron chi connectivity index (χ1n) is 9.07. The molecule has 1 heterocycles. The Morgan fingerprint density at radius 2 is 2.17 bits per heavy atom. The van der Waals surface area contributed by atoms with Crippen LogP contribution >= 0.6 is 23.8 Å². The van der Waals surface area contributed by atoms with Crippen molar-refractivity contribution in [1.29, 1.82) is 0 Å². The second-order valence-corrected chi connectivity index (χ2v) is 6.94. The third kappa shape index (κ3) is 5.46. The minimum Gasteiger partial charge on any atom is -0.493 e. The van der Waals surface area contributed by atoms with Crippen molar-refractivity contribution in [2.24, 2.45) is 5.10 Å². The molecule has 8 nitrogen and oxygen atoms in total. The molecule has 0 aliphatic carbocycles. The number of aromatic amines is 1. The standard InChI is InChI=1S/C20H20ClN5O3S/c1-3-18-24-25-20(30)26(18)22-11-13-7-8-16(17(9-13)28-2)29-12-19(27)23-15-6-4-5-14(21)10-15/h4-11H,3,12H2,1-2H3,(H,23,27)(H,25,30)/b22-11+. The Morgan fingerprint density at radius 3 is 2.90 bits per heavy atom. The van der Waals surface area contributed by atoms with Crippen molar-refractivity contribution < 1.29 is 14.3 Å². The van der Waals surface area contributed by atoms with E-state index in [9.17, 15) is 4.79 Å². The molecule has 0 atom stereocenters. The molecule has 2 aromatic carbocycles. The van der Waals surface area contributed by atoms with E-state index in [2.05, 4.69) is 20.6 Å². The Balaban J connectivity index is 1.66. The molecule has 1 amide bonds. The monoisotopic (exact) mass is 445 g/mol. The summed E-state index contributed by atoms with van der Waals surface area (Å²) < 4.78 is 13.0. The summed E-state index contributed by atoms with van der Waals surface area (Å²) in [4.78, 5) is 12.1. The van der Waals surface area contributed by atoms with Gasteiger partial charge in [0.2, 0.25) is 4.77 Å². The second-order valence-electron chi connectivity index (χ2n) is 6.11. The molecule has 3 rings (SSSR count). The number of nitrogens with zero attached hydrogens (tertiary/aromatic N) is 3. The van der Waals surface area contributed by atoms with Gasteiger partial charge in [-0.15, -0.1) is 0 Å². The molecule has 10 heteroatoms. The van der Waals surface area contributed by atoms with E-state index in [0.29, 0.717) is 33.4 Å². The number of amides is 1. The zero-order chi connectivity index (χ0) is 21.5. The number of carbonyl (C=O) groups excluding carboxylic acids is 1. The molecule has 0 bridgehead atoms. The number of benzene rings is 2. The molecule has 30 heavy (non-hydrogen) atoms. The van der Waals surface area contributed by atoms with Crippen molar-refractivity contribution >= 4 is 41.6 Å². The number of hydrogen-bond donors (Lipinski definition) is 2. The number of halogens is 1. The number of aryl methyl sites for hydroxylation is 1. The summed E-state index contributed by atoms with van der Waals surface area (Å²) in [5, 5.41) is 14.4. The quantitative estimate of drug-likeness (QED) is 0.402. The first kappa shape index (κ1) is 21.5. The zero-order valence-corrected chi connectivity index (χ0v) is 18.0. The van der Waals surface area contributed by atoms with Gasteiger partial charge in [0.1, 0.15) is 0 Å². The lowest BCUT2D eigenvalue weighted by atomic mass is 10.2. The smallest absolute Gasteiger partial charge is 0.262 e. The summed E-state index contributed by atoms with van der Waals surface area (Å²) in [5.74, 6) is 1.33. The van der Waals surface area contributed by atoms with Crippen LogP contribution in [-0.4, -0.2) is 40.7 Å².